The van der Waals surface area contributed by atoms with Crippen molar-refractivity contribution in [1.29, 1.82) is 0 Å². The number of rotatable bonds is 9. The summed E-state index contributed by atoms with van der Waals surface area (Å²) in [7, 11) is 0. The van der Waals surface area contributed by atoms with E-state index in [1.165, 1.54) is 0 Å². The second-order valence-electron chi connectivity index (χ2n) is 6.84. The van der Waals surface area contributed by atoms with Crippen LogP contribution in [0.3, 0.4) is 0 Å². The van der Waals surface area contributed by atoms with Crippen LogP contribution < -0.4 is 0 Å². The van der Waals surface area contributed by atoms with Gasteiger partial charge in [0.15, 0.2) is 0 Å². The predicted octanol–water partition coefficient (Wildman–Crippen LogP) is 4.40. The summed E-state index contributed by atoms with van der Waals surface area (Å²) >= 11 is 1.06. The SMILES string of the molecule is CCOC(=O)C(C(=O)OCC)(C(=O)OCC)c1sc(-c2ccccc2)nc1-c1ccccc1. The van der Waals surface area contributed by atoms with E-state index >= 15 is 0 Å². The highest BCUT2D eigenvalue weighted by Gasteiger charge is 2.61. The summed E-state index contributed by atoms with van der Waals surface area (Å²) in [4.78, 5) is 45.0. The summed E-state index contributed by atoms with van der Waals surface area (Å²) in [6.07, 6.45) is 0. The van der Waals surface area contributed by atoms with E-state index < -0.39 is 23.3 Å². The Hall–Kier alpha value is -3.52. The van der Waals surface area contributed by atoms with Crippen LogP contribution >= 0.6 is 11.3 Å². The Balaban J connectivity index is 2.38. The quantitative estimate of drug-likeness (QED) is 0.262. The third-order valence-corrected chi connectivity index (χ3v) is 6.00. The molecule has 0 unspecified atom stereocenters. The third kappa shape index (κ3) is 4.66. The predicted molar refractivity (Wildman–Crippen MR) is 125 cm³/mol. The minimum absolute atomic E-state index is 0.0373. The van der Waals surface area contributed by atoms with Crippen molar-refractivity contribution in [2.75, 3.05) is 19.8 Å². The fraction of sp³-hybridized carbons (Fsp3) is 0.280. The number of ether oxygens (including phenoxy) is 3. The lowest BCUT2D eigenvalue weighted by atomic mass is 9.84. The first-order chi connectivity index (χ1) is 16.0. The van der Waals surface area contributed by atoms with E-state index in [9.17, 15) is 14.4 Å². The van der Waals surface area contributed by atoms with E-state index in [2.05, 4.69) is 0 Å². The molecule has 0 atom stereocenters. The van der Waals surface area contributed by atoms with Crippen LogP contribution in [0.1, 0.15) is 25.6 Å². The van der Waals surface area contributed by atoms with Gasteiger partial charge in [0.05, 0.1) is 30.4 Å². The molecule has 0 bridgehead atoms. The molecule has 1 aromatic heterocycles. The smallest absolute Gasteiger partial charge is 0.340 e. The van der Waals surface area contributed by atoms with Gasteiger partial charge in [-0.25, -0.2) is 19.4 Å². The Morgan fingerprint density at radius 1 is 0.727 bits per heavy atom. The molecule has 2 aromatic carbocycles. The molecule has 3 rings (SSSR count). The van der Waals surface area contributed by atoms with Crippen molar-refractivity contribution in [3.05, 3.63) is 65.5 Å². The van der Waals surface area contributed by atoms with Crippen molar-refractivity contribution < 1.29 is 28.6 Å². The molecular weight excluding hydrogens is 442 g/mol. The summed E-state index contributed by atoms with van der Waals surface area (Å²) in [5.41, 5.74) is -0.740. The van der Waals surface area contributed by atoms with Gasteiger partial charge in [-0.1, -0.05) is 60.7 Å². The molecular formula is C25H25NO6S. The molecule has 1 heterocycles. The fourth-order valence-corrected chi connectivity index (χ4v) is 4.56. The first kappa shape index (κ1) is 24.1. The molecule has 0 saturated carbocycles. The first-order valence-corrected chi connectivity index (χ1v) is 11.5. The van der Waals surface area contributed by atoms with Gasteiger partial charge in [-0.15, -0.1) is 11.3 Å². The lowest BCUT2D eigenvalue weighted by Crippen LogP contribution is -2.53. The standard InChI is InChI=1S/C25H25NO6S/c1-4-30-22(27)25(23(28)31-5-2,24(29)32-6-3)20-19(17-13-9-7-10-14-17)26-21(33-20)18-15-11-8-12-16-18/h7-16H,4-6H2,1-3H3. The van der Waals surface area contributed by atoms with E-state index in [0.29, 0.717) is 16.3 Å². The highest BCUT2D eigenvalue weighted by molar-refractivity contribution is 7.16. The van der Waals surface area contributed by atoms with Gasteiger partial charge < -0.3 is 14.2 Å². The van der Waals surface area contributed by atoms with E-state index in [0.717, 1.165) is 16.9 Å². The van der Waals surface area contributed by atoms with Crippen LogP contribution in [-0.4, -0.2) is 42.7 Å². The summed E-state index contributed by atoms with van der Waals surface area (Å²) in [6, 6.07) is 18.3. The highest BCUT2D eigenvalue weighted by atomic mass is 32.1. The van der Waals surface area contributed by atoms with Crippen LogP contribution in [0.5, 0.6) is 0 Å². The van der Waals surface area contributed by atoms with Crippen molar-refractivity contribution in [1.82, 2.24) is 4.98 Å². The monoisotopic (exact) mass is 467 g/mol. The van der Waals surface area contributed by atoms with Gasteiger partial charge in [0.25, 0.3) is 5.41 Å². The van der Waals surface area contributed by atoms with E-state index in [-0.39, 0.29) is 24.7 Å². The van der Waals surface area contributed by atoms with Crippen LogP contribution in [0.25, 0.3) is 21.8 Å². The maximum absolute atomic E-state index is 13.4. The Kier molecular flexibility index (Phi) is 7.95. The number of thiazole rings is 1. The molecule has 0 saturated heterocycles. The van der Waals surface area contributed by atoms with Gasteiger partial charge in [0.2, 0.25) is 0 Å². The largest absolute Gasteiger partial charge is 0.464 e. The van der Waals surface area contributed by atoms with Crippen LogP contribution in [-0.2, 0) is 34.0 Å². The third-order valence-electron chi connectivity index (χ3n) is 4.78. The van der Waals surface area contributed by atoms with Crippen molar-refractivity contribution >= 4 is 29.2 Å². The van der Waals surface area contributed by atoms with Gasteiger partial charge in [0, 0.05) is 11.1 Å². The van der Waals surface area contributed by atoms with Crippen LogP contribution in [0, 0.1) is 0 Å². The van der Waals surface area contributed by atoms with Crippen LogP contribution in [0.2, 0.25) is 0 Å². The molecule has 0 radical (unpaired) electrons. The average molecular weight is 468 g/mol. The molecule has 172 valence electrons. The number of nitrogens with zero attached hydrogens (tertiary/aromatic N) is 1. The van der Waals surface area contributed by atoms with Crippen molar-refractivity contribution in [3.63, 3.8) is 0 Å². The van der Waals surface area contributed by atoms with Gasteiger partial charge in [-0.05, 0) is 20.8 Å². The lowest BCUT2D eigenvalue weighted by molar-refractivity contribution is -0.175. The molecule has 0 aliphatic carbocycles. The summed E-state index contributed by atoms with van der Waals surface area (Å²) in [6.45, 7) is 4.68. The van der Waals surface area contributed by atoms with Crippen LogP contribution in [0.4, 0.5) is 0 Å². The molecule has 0 aliphatic rings. The maximum atomic E-state index is 13.4. The zero-order valence-electron chi connectivity index (χ0n) is 18.7. The van der Waals surface area contributed by atoms with Gasteiger partial charge >= 0.3 is 17.9 Å². The average Bonchev–Trinajstić information content (AvgIpc) is 3.27. The lowest BCUT2D eigenvalue weighted by Gasteiger charge is -2.26. The molecule has 0 fully saturated rings. The van der Waals surface area contributed by atoms with Crippen molar-refractivity contribution in [3.8, 4) is 21.8 Å². The summed E-state index contributed by atoms with van der Waals surface area (Å²) in [5.74, 6) is -3.16. The van der Waals surface area contributed by atoms with Crippen molar-refractivity contribution in [2.45, 2.75) is 26.2 Å². The number of carbonyl (C=O) groups excluding carboxylic acids is 3. The molecule has 0 aliphatic heterocycles. The molecule has 8 heteroatoms. The maximum Gasteiger partial charge on any atom is 0.340 e. The zero-order valence-corrected chi connectivity index (χ0v) is 19.5. The molecule has 0 spiro atoms. The molecule has 0 amide bonds. The minimum atomic E-state index is -2.46. The molecule has 0 N–H and O–H groups in total. The highest BCUT2D eigenvalue weighted by Crippen LogP contribution is 2.43. The number of esters is 3. The van der Waals surface area contributed by atoms with E-state index in [4.69, 9.17) is 19.2 Å². The fourth-order valence-electron chi connectivity index (χ4n) is 3.32. The van der Waals surface area contributed by atoms with E-state index in [1.807, 2.05) is 36.4 Å². The topological polar surface area (TPSA) is 91.8 Å². The van der Waals surface area contributed by atoms with Crippen LogP contribution in [0.15, 0.2) is 60.7 Å². The summed E-state index contributed by atoms with van der Waals surface area (Å²) in [5, 5.41) is 0.534. The number of hydrogen-bond donors (Lipinski definition) is 0. The van der Waals surface area contributed by atoms with Gasteiger partial charge in [0.1, 0.15) is 5.01 Å². The second kappa shape index (κ2) is 10.9. The van der Waals surface area contributed by atoms with Gasteiger partial charge in [-0.3, -0.25) is 0 Å². The minimum Gasteiger partial charge on any atom is -0.464 e. The molecule has 3 aromatic rings. The Morgan fingerprint density at radius 2 is 1.15 bits per heavy atom. The normalized spacial score (nSPS) is 11.0. The summed E-state index contributed by atoms with van der Waals surface area (Å²) < 4.78 is 15.7. The Labute approximate surface area is 196 Å². The number of benzene rings is 2. The first-order valence-electron chi connectivity index (χ1n) is 10.6. The number of carbonyl (C=O) groups is 3. The number of aromatic nitrogens is 1. The second-order valence-corrected chi connectivity index (χ2v) is 7.84. The van der Waals surface area contributed by atoms with Gasteiger partial charge in [-0.2, -0.15) is 0 Å². The number of hydrogen-bond acceptors (Lipinski definition) is 8. The Bertz CT molecular complexity index is 1060. The zero-order chi connectivity index (χ0) is 23.8. The molecule has 33 heavy (non-hydrogen) atoms. The Morgan fingerprint density at radius 3 is 1.58 bits per heavy atom. The van der Waals surface area contributed by atoms with Crippen molar-refractivity contribution in [2.24, 2.45) is 0 Å². The molecule has 7 nitrogen and oxygen atoms in total. The van der Waals surface area contributed by atoms with E-state index in [1.54, 1.807) is 45.0 Å².